The van der Waals surface area contributed by atoms with E-state index in [0.717, 1.165) is 0 Å². The molecule has 0 aliphatic carbocycles. The Morgan fingerprint density at radius 3 is 2.88 bits per heavy atom. The number of nitrogens with zero attached hydrogens (tertiary/aromatic N) is 3. The van der Waals surface area contributed by atoms with Gasteiger partial charge in [0.25, 0.3) is 0 Å². The van der Waals surface area contributed by atoms with Gasteiger partial charge < -0.3 is 0 Å². The number of aryl methyl sites for hydroxylation is 1. The fraction of sp³-hybridized carbons (Fsp3) is 0.375. The number of anilines is 1. The monoisotopic (exact) mass is 382 g/mol. The molecule has 134 valence electrons. The van der Waals surface area contributed by atoms with E-state index in [1.165, 1.54) is 12.1 Å². The number of nitrogens with one attached hydrogen (secondary N) is 1. The summed E-state index contributed by atoms with van der Waals surface area (Å²) in [5, 5.41) is 4.50. The third-order valence-corrected chi connectivity index (χ3v) is 5.82. The standard InChI is InChI=1S/C16H19ClN4O3S/c1-2-21-15(8-9-18-21)20-10-4-7-14(16(20)22)19-25(23,24)13-6-3-5-12(17)11-13/h3,5-6,8-9,11,14,19H,2,4,7,10H2,1H3/t14-/m0/s1. The molecule has 0 spiro atoms. The first-order valence-electron chi connectivity index (χ1n) is 8.03. The summed E-state index contributed by atoms with van der Waals surface area (Å²) >= 11 is 5.87. The van der Waals surface area contributed by atoms with E-state index < -0.39 is 16.1 Å². The molecule has 1 saturated heterocycles. The van der Waals surface area contributed by atoms with Crippen LogP contribution in [0.1, 0.15) is 19.8 Å². The number of amides is 1. The van der Waals surface area contributed by atoms with Crippen LogP contribution in [0.25, 0.3) is 0 Å². The summed E-state index contributed by atoms with van der Waals surface area (Å²) in [5.74, 6) is 0.409. The van der Waals surface area contributed by atoms with Gasteiger partial charge in [0.1, 0.15) is 11.9 Å². The number of benzene rings is 1. The number of halogens is 1. The molecule has 3 rings (SSSR count). The molecule has 1 N–H and O–H groups in total. The van der Waals surface area contributed by atoms with Crippen LogP contribution in [-0.2, 0) is 21.4 Å². The highest BCUT2D eigenvalue weighted by Gasteiger charge is 2.34. The Hall–Kier alpha value is -1.90. The number of carbonyl (C=O) groups excluding carboxylic acids is 1. The van der Waals surface area contributed by atoms with E-state index in [2.05, 4.69) is 9.82 Å². The minimum Gasteiger partial charge on any atom is -0.296 e. The number of aromatic nitrogens is 2. The lowest BCUT2D eigenvalue weighted by Crippen LogP contribution is -2.52. The Morgan fingerprint density at radius 2 is 2.16 bits per heavy atom. The molecule has 2 aromatic rings. The summed E-state index contributed by atoms with van der Waals surface area (Å²) in [6.07, 6.45) is 2.78. The van der Waals surface area contributed by atoms with E-state index in [9.17, 15) is 13.2 Å². The molecular weight excluding hydrogens is 364 g/mol. The van der Waals surface area contributed by atoms with Gasteiger partial charge >= 0.3 is 0 Å². The SMILES string of the molecule is CCn1nccc1N1CCC[C@H](NS(=O)(=O)c2cccc(Cl)c2)C1=O. The van der Waals surface area contributed by atoms with Crippen molar-refractivity contribution in [3.63, 3.8) is 0 Å². The molecule has 1 aromatic heterocycles. The zero-order valence-electron chi connectivity index (χ0n) is 13.7. The Balaban J connectivity index is 1.82. The zero-order valence-corrected chi connectivity index (χ0v) is 15.3. The average molecular weight is 383 g/mol. The highest BCUT2D eigenvalue weighted by atomic mass is 35.5. The Labute approximate surface area is 151 Å². The quantitative estimate of drug-likeness (QED) is 0.857. The van der Waals surface area contributed by atoms with Gasteiger partial charge in [0.05, 0.1) is 11.1 Å². The van der Waals surface area contributed by atoms with Gasteiger partial charge in [-0.2, -0.15) is 9.82 Å². The lowest BCUT2D eigenvalue weighted by molar-refractivity contribution is -0.121. The van der Waals surface area contributed by atoms with E-state index >= 15 is 0 Å². The first kappa shape index (κ1) is 17.9. The molecule has 0 saturated carbocycles. The number of hydrogen-bond donors (Lipinski definition) is 1. The van der Waals surface area contributed by atoms with Gasteiger partial charge in [-0.1, -0.05) is 17.7 Å². The Morgan fingerprint density at radius 1 is 1.36 bits per heavy atom. The molecule has 1 aromatic carbocycles. The molecule has 1 fully saturated rings. The fourth-order valence-electron chi connectivity index (χ4n) is 2.90. The predicted molar refractivity (Wildman–Crippen MR) is 95.0 cm³/mol. The molecule has 25 heavy (non-hydrogen) atoms. The summed E-state index contributed by atoms with van der Waals surface area (Å²) in [4.78, 5) is 14.4. The highest BCUT2D eigenvalue weighted by Crippen LogP contribution is 2.23. The Bertz CT molecular complexity index is 881. The van der Waals surface area contributed by atoms with E-state index in [1.807, 2.05) is 6.92 Å². The number of sulfonamides is 1. The molecule has 1 aliphatic heterocycles. The largest absolute Gasteiger partial charge is 0.296 e. The van der Waals surface area contributed by atoms with Crippen LogP contribution >= 0.6 is 11.6 Å². The molecule has 0 unspecified atom stereocenters. The smallest absolute Gasteiger partial charge is 0.246 e. The van der Waals surface area contributed by atoms with E-state index in [4.69, 9.17) is 11.6 Å². The maximum absolute atomic E-state index is 12.8. The van der Waals surface area contributed by atoms with Crippen molar-refractivity contribution >= 4 is 33.3 Å². The summed E-state index contributed by atoms with van der Waals surface area (Å²) in [6.45, 7) is 3.11. The maximum atomic E-state index is 12.8. The van der Waals surface area contributed by atoms with Gasteiger partial charge in [-0.3, -0.25) is 9.69 Å². The van der Waals surface area contributed by atoms with Crippen LogP contribution in [0, 0.1) is 0 Å². The number of hydrogen-bond acceptors (Lipinski definition) is 4. The number of carbonyl (C=O) groups is 1. The topological polar surface area (TPSA) is 84.3 Å². The molecule has 0 bridgehead atoms. The van der Waals surface area contributed by atoms with Gasteiger partial charge in [0.15, 0.2) is 0 Å². The molecule has 0 radical (unpaired) electrons. The molecule has 9 heteroatoms. The van der Waals surface area contributed by atoms with Crippen LogP contribution in [0.2, 0.25) is 5.02 Å². The first-order chi connectivity index (χ1) is 11.9. The minimum absolute atomic E-state index is 0.0449. The third kappa shape index (κ3) is 3.70. The van der Waals surface area contributed by atoms with Crippen molar-refractivity contribution in [2.24, 2.45) is 0 Å². The zero-order chi connectivity index (χ0) is 18.0. The van der Waals surface area contributed by atoms with E-state index in [1.54, 1.807) is 34.0 Å². The fourth-order valence-corrected chi connectivity index (χ4v) is 4.42. The molecule has 1 amide bonds. The predicted octanol–water partition coefficient (Wildman–Crippen LogP) is 2.03. The molecule has 7 nitrogen and oxygen atoms in total. The van der Waals surface area contributed by atoms with Gasteiger partial charge in [0.2, 0.25) is 15.9 Å². The number of rotatable bonds is 5. The normalized spacial score (nSPS) is 18.6. The van der Waals surface area contributed by atoms with Crippen molar-refractivity contribution in [1.29, 1.82) is 0 Å². The second-order valence-electron chi connectivity index (χ2n) is 5.77. The van der Waals surface area contributed by atoms with Crippen molar-refractivity contribution in [1.82, 2.24) is 14.5 Å². The average Bonchev–Trinajstić information content (AvgIpc) is 3.05. The summed E-state index contributed by atoms with van der Waals surface area (Å²) in [5.41, 5.74) is 0. The van der Waals surface area contributed by atoms with Crippen LogP contribution in [0.15, 0.2) is 41.4 Å². The van der Waals surface area contributed by atoms with Gasteiger partial charge in [0, 0.05) is 24.2 Å². The summed E-state index contributed by atoms with van der Waals surface area (Å²) in [7, 11) is -3.83. The highest BCUT2D eigenvalue weighted by molar-refractivity contribution is 7.89. The second kappa shape index (κ2) is 7.15. The summed E-state index contributed by atoms with van der Waals surface area (Å²) in [6, 6.07) is 6.92. The summed E-state index contributed by atoms with van der Waals surface area (Å²) < 4.78 is 29.3. The third-order valence-electron chi connectivity index (χ3n) is 4.11. The van der Waals surface area contributed by atoms with Gasteiger partial charge in [-0.15, -0.1) is 0 Å². The van der Waals surface area contributed by atoms with E-state index in [0.29, 0.717) is 36.8 Å². The van der Waals surface area contributed by atoms with Crippen LogP contribution in [0.4, 0.5) is 5.82 Å². The van der Waals surface area contributed by atoms with Gasteiger partial charge in [-0.05, 0) is 38.0 Å². The molecule has 1 aliphatic rings. The Kier molecular flexibility index (Phi) is 5.12. The van der Waals surface area contributed by atoms with Crippen molar-refractivity contribution in [3.8, 4) is 0 Å². The minimum atomic E-state index is -3.83. The lowest BCUT2D eigenvalue weighted by atomic mass is 10.1. The molecular formula is C16H19ClN4O3S. The van der Waals surface area contributed by atoms with Crippen LogP contribution in [0.3, 0.4) is 0 Å². The first-order valence-corrected chi connectivity index (χ1v) is 9.89. The van der Waals surface area contributed by atoms with Crippen LogP contribution in [-0.4, -0.2) is 36.7 Å². The van der Waals surface area contributed by atoms with Gasteiger partial charge in [-0.25, -0.2) is 13.1 Å². The molecule has 1 atom stereocenters. The van der Waals surface area contributed by atoms with Crippen molar-refractivity contribution in [3.05, 3.63) is 41.6 Å². The van der Waals surface area contributed by atoms with Crippen molar-refractivity contribution in [2.45, 2.75) is 37.2 Å². The lowest BCUT2D eigenvalue weighted by Gasteiger charge is -2.32. The van der Waals surface area contributed by atoms with Crippen LogP contribution in [0.5, 0.6) is 0 Å². The number of piperidine rings is 1. The van der Waals surface area contributed by atoms with Crippen LogP contribution < -0.4 is 9.62 Å². The maximum Gasteiger partial charge on any atom is 0.246 e. The molecule has 2 heterocycles. The van der Waals surface area contributed by atoms with Crippen molar-refractivity contribution in [2.75, 3.05) is 11.4 Å². The van der Waals surface area contributed by atoms with E-state index in [-0.39, 0.29) is 10.8 Å². The second-order valence-corrected chi connectivity index (χ2v) is 7.92. The van der Waals surface area contributed by atoms with Crippen molar-refractivity contribution < 1.29 is 13.2 Å².